The summed E-state index contributed by atoms with van der Waals surface area (Å²) in [6.45, 7) is 6.42. The van der Waals surface area contributed by atoms with Crippen molar-refractivity contribution in [2.24, 2.45) is 0 Å². The summed E-state index contributed by atoms with van der Waals surface area (Å²) >= 11 is 0. The van der Waals surface area contributed by atoms with Gasteiger partial charge in [0.25, 0.3) is 0 Å². The maximum Gasteiger partial charge on any atom is 0.0499 e. The van der Waals surface area contributed by atoms with E-state index in [2.05, 4.69) is 32.0 Å². The van der Waals surface area contributed by atoms with Crippen LogP contribution < -0.4 is 0 Å². The molecule has 16 heavy (non-hydrogen) atoms. The van der Waals surface area contributed by atoms with Gasteiger partial charge in [-0.25, -0.2) is 0 Å². The van der Waals surface area contributed by atoms with Crippen molar-refractivity contribution in [1.82, 2.24) is 0 Å². The molecular formula is C15H21O. The topological polar surface area (TPSA) is 20.2 Å². The van der Waals surface area contributed by atoms with E-state index in [1.807, 2.05) is 0 Å². The monoisotopic (exact) mass is 217 g/mol. The Balaban J connectivity index is 2.38. The Hall–Kier alpha value is -0.820. The van der Waals surface area contributed by atoms with Crippen LogP contribution in [0.25, 0.3) is 0 Å². The Morgan fingerprint density at radius 1 is 1.44 bits per heavy atom. The summed E-state index contributed by atoms with van der Waals surface area (Å²) in [5.41, 5.74) is 4.25. The van der Waals surface area contributed by atoms with Crippen molar-refractivity contribution in [3.05, 3.63) is 41.8 Å². The van der Waals surface area contributed by atoms with E-state index < -0.39 is 0 Å². The van der Waals surface area contributed by atoms with Crippen molar-refractivity contribution in [3.8, 4) is 0 Å². The van der Waals surface area contributed by atoms with Gasteiger partial charge >= 0.3 is 0 Å². The third kappa shape index (κ3) is 2.30. The molecule has 0 aromatic heterocycles. The maximum absolute atomic E-state index is 9.27. The highest BCUT2D eigenvalue weighted by Crippen LogP contribution is 2.45. The second-order valence-corrected chi connectivity index (χ2v) is 4.82. The minimum Gasteiger partial charge on any atom is -0.396 e. The molecular weight excluding hydrogens is 196 g/mol. The number of aliphatic hydroxyl groups is 1. The number of rotatable bonds is 5. The molecule has 1 saturated carbocycles. The zero-order valence-electron chi connectivity index (χ0n) is 10.1. The third-order valence-electron chi connectivity index (χ3n) is 3.40. The largest absolute Gasteiger partial charge is 0.396 e. The van der Waals surface area contributed by atoms with E-state index in [4.69, 9.17) is 0 Å². The summed E-state index contributed by atoms with van der Waals surface area (Å²) in [7, 11) is 0. The molecule has 1 fully saturated rings. The summed E-state index contributed by atoms with van der Waals surface area (Å²) in [5, 5.41) is 9.27. The van der Waals surface area contributed by atoms with Crippen molar-refractivity contribution < 1.29 is 5.11 Å². The van der Waals surface area contributed by atoms with Crippen LogP contribution in [0.4, 0.5) is 0 Å². The molecule has 0 saturated heterocycles. The fourth-order valence-corrected chi connectivity index (χ4v) is 2.44. The smallest absolute Gasteiger partial charge is 0.0499 e. The summed E-state index contributed by atoms with van der Waals surface area (Å²) in [6.07, 6.45) is 4.96. The molecule has 1 aromatic carbocycles. The molecule has 1 aliphatic rings. The summed E-state index contributed by atoms with van der Waals surface area (Å²) in [5.74, 6) is 0.779. The lowest BCUT2D eigenvalue weighted by Crippen LogP contribution is -2.06. The summed E-state index contributed by atoms with van der Waals surface area (Å²) in [4.78, 5) is 0. The lowest BCUT2D eigenvalue weighted by molar-refractivity contribution is 0.282. The van der Waals surface area contributed by atoms with E-state index in [0.717, 1.165) is 12.3 Å². The van der Waals surface area contributed by atoms with Crippen LogP contribution in [0.3, 0.4) is 0 Å². The van der Waals surface area contributed by atoms with E-state index in [1.165, 1.54) is 36.0 Å². The van der Waals surface area contributed by atoms with Gasteiger partial charge in [-0.05, 0) is 48.8 Å². The van der Waals surface area contributed by atoms with Gasteiger partial charge in [-0.2, -0.15) is 0 Å². The minimum atomic E-state index is 0.0346. The average Bonchev–Trinajstić information content (AvgIpc) is 3.12. The lowest BCUT2D eigenvalue weighted by atomic mass is 9.88. The standard InChI is InChI=1S/C15H21O/c1-3-5-12-6-4-7-14(11(2)10-16)15(12)13-8-9-13/h4,6-7,11,13,16H,2-3,5,8-10H2,1H3. The van der Waals surface area contributed by atoms with Crippen LogP contribution in [-0.2, 0) is 6.42 Å². The summed E-state index contributed by atoms with van der Waals surface area (Å²) in [6, 6.07) is 6.49. The van der Waals surface area contributed by atoms with Gasteiger partial charge in [-0.15, -0.1) is 0 Å². The number of aliphatic hydroxyl groups excluding tert-OH is 1. The fraction of sp³-hybridized carbons (Fsp3) is 0.533. The van der Waals surface area contributed by atoms with Crippen molar-refractivity contribution in [3.63, 3.8) is 0 Å². The molecule has 0 aliphatic heterocycles. The number of benzene rings is 1. The molecule has 1 nitrogen and oxygen atoms in total. The molecule has 0 bridgehead atoms. The van der Waals surface area contributed by atoms with Crippen LogP contribution >= 0.6 is 0 Å². The normalized spacial score (nSPS) is 17.4. The lowest BCUT2D eigenvalue weighted by Gasteiger charge is -2.18. The highest BCUT2D eigenvalue weighted by Gasteiger charge is 2.29. The van der Waals surface area contributed by atoms with E-state index in [0.29, 0.717) is 0 Å². The zero-order valence-corrected chi connectivity index (χ0v) is 10.1. The molecule has 1 N–H and O–H groups in total. The van der Waals surface area contributed by atoms with Gasteiger partial charge in [-0.1, -0.05) is 31.5 Å². The Morgan fingerprint density at radius 2 is 2.19 bits per heavy atom. The molecule has 0 amide bonds. The summed E-state index contributed by atoms with van der Waals surface area (Å²) < 4.78 is 0. The molecule has 1 aromatic rings. The first-order valence-corrected chi connectivity index (χ1v) is 6.33. The van der Waals surface area contributed by atoms with Gasteiger partial charge in [0, 0.05) is 12.5 Å². The predicted molar refractivity (Wildman–Crippen MR) is 67.6 cm³/mol. The SMILES string of the molecule is [CH2]C(CO)c1cccc(CCC)c1C1CC1. The molecule has 0 spiro atoms. The van der Waals surface area contributed by atoms with Crippen LogP contribution in [-0.4, -0.2) is 11.7 Å². The molecule has 1 heteroatoms. The molecule has 1 atom stereocenters. The van der Waals surface area contributed by atoms with E-state index >= 15 is 0 Å². The first-order valence-electron chi connectivity index (χ1n) is 6.33. The highest BCUT2D eigenvalue weighted by atomic mass is 16.3. The second kappa shape index (κ2) is 5.01. The van der Waals surface area contributed by atoms with Crippen molar-refractivity contribution in [2.45, 2.75) is 44.4 Å². The number of hydrogen-bond acceptors (Lipinski definition) is 1. The molecule has 1 unspecified atom stereocenters. The molecule has 1 radical (unpaired) electrons. The Morgan fingerprint density at radius 3 is 2.75 bits per heavy atom. The number of aryl methyl sites for hydroxylation is 1. The van der Waals surface area contributed by atoms with E-state index in [-0.39, 0.29) is 12.5 Å². The number of hydrogen-bond donors (Lipinski definition) is 1. The van der Waals surface area contributed by atoms with Crippen molar-refractivity contribution in [1.29, 1.82) is 0 Å². The van der Waals surface area contributed by atoms with Gasteiger partial charge in [0.05, 0.1) is 0 Å². The Bertz CT molecular complexity index is 352. The Labute approximate surface area is 98.5 Å². The predicted octanol–water partition coefficient (Wildman–Crippen LogP) is 3.43. The third-order valence-corrected chi connectivity index (χ3v) is 3.40. The first-order chi connectivity index (χ1) is 7.77. The van der Waals surface area contributed by atoms with Gasteiger partial charge < -0.3 is 5.11 Å². The quantitative estimate of drug-likeness (QED) is 0.801. The zero-order chi connectivity index (χ0) is 11.5. The van der Waals surface area contributed by atoms with Crippen molar-refractivity contribution >= 4 is 0 Å². The molecule has 2 rings (SSSR count). The molecule has 0 heterocycles. The highest BCUT2D eigenvalue weighted by molar-refractivity contribution is 5.43. The van der Waals surface area contributed by atoms with Crippen LogP contribution in [0.2, 0.25) is 0 Å². The maximum atomic E-state index is 9.27. The molecule has 1 aliphatic carbocycles. The second-order valence-electron chi connectivity index (χ2n) is 4.82. The first kappa shape index (κ1) is 11.7. The van der Waals surface area contributed by atoms with Gasteiger partial charge in [0.15, 0.2) is 0 Å². The van der Waals surface area contributed by atoms with Crippen LogP contribution in [0.15, 0.2) is 18.2 Å². The van der Waals surface area contributed by atoms with Gasteiger partial charge in [-0.3, -0.25) is 0 Å². The van der Waals surface area contributed by atoms with E-state index in [1.54, 1.807) is 0 Å². The van der Waals surface area contributed by atoms with Crippen LogP contribution in [0.1, 0.15) is 54.7 Å². The van der Waals surface area contributed by atoms with Crippen LogP contribution in [0, 0.1) is 6.92 Å². The fourth-order valence-electron chi connectivity index (χ4n) is 2.44. The van der Waals surface area contributed by atoms with Gasteiger partial charge in [0.2, 0.25) is 0 Å². The van der Waals surface area contributed by atoms with Crippen LogP contribution in [0.5, 0.6) is 0 Å². The van der Waals surface area contributed by atoms with Gasteiger partial charge in [0.1, 0.15) is 0 Å². The Kier molecular flexibility index (Phi) is 3.65. The average molecular weight is 217 g/mol. The van der Waals surface area contributed by atoms with Crippen molar-refractivity contribution in [2.75, 3.05) is 6.61 Å². The minimum absolute atomic E-state index is 0.0346. The molecule has 87 valence electrons. The van der Waals surface area contributed by atoms with E-state index in [9.17, 15) is 5.11 Å².